The first-order chi connectivity index (χ1) is 11.1. The third-order valence-corrected chi connectivity index (χ3v) is 4.98. The summed E-state index contributed by atoms with van der Waals surface area (Å²) in [6.07, 6.45) is 0.769. The molecule has 120 valence electrons. The monoisotopic (exact) mass is 332 g/mol. The number of rotatable bonds is 2. The maximum atomic E-state index is 12.5. The smallest absolute Gasteiger partial charge is 0.230 e. The topological polar surface area (TPSA) is 78.1 Å². The molecule has 3 heterocycles. The van der Waals surface area contributed by atoms with Crippen molar-refractivity contribution in [3.8, 4) is 0 Å². The highest BCUT2D eigenvalue weighted by Crippen LogP contribution is 2.29. The number of hydrogen-bond donors (Lipinski definition) is 2. The number of aromatic nitrogens is 2. The first kappa shape index (κ1) is 14.5. The van der Waals surface area contributed by atoms with E-state index in [-0.39, 0.29) is 18.2 Å². The minimum absolute atomic E-state index is 0.0528. The Kier molecular flexibility index (Phi) is 3.49. The summed E-state index contributed by atoms with van der Waals surface area (Å²) in [5.41, 5.74) is 1.65. The molecule has 0 radical (unpaired) electrons. The number of amides is 2. The average Bonchev–Trinajstić information content (AvgIpc) is 3.09. The van der Waals surface area contributed by atoms with Gasteiger partial charge in [-0.2, -0.15) is 0 Å². The van der Waals surface area contributed by atoms with Crippen LogP contribution in [0.5, 0.6) is 0 Å². The first-order valence-electron chi connectivity index (χ1n) is 7.77. The van der Waals surface area contributed by atoms with Gasteiger partial charge < -0.3 is 15.2 Å². The highest BCUT2D eigenvalue weighted by Gasteiger charge is 2.38. The van der Waals surface area contributed by atoms with E-state index < -0.39 is 0 Å². The van der Waals surface area contributed by atoms with Crippen molar-refractivity contribution in [2.75, 3.05) is 19.6 Å². The molecule has 2 saturated heterocycles. The molecule has 0 bridgehead atoms. The minimum atomic E-state index is 0.0528. The summed E-state index contributed by atoms with van der Waals surface area (Å²) in [5, 5.41) is 3.52. The van der Waals surface area contributed by atoms with E-state index in [9.17, 15) is 9.59 Å². The van der Waals surface area contributed by atoms with E-state index in [1.807, 2.05) is 11.0 Å². The van der Waals surface area contributed by atoms with Gasteiger partial charge in [0.15, 0.2) is 0 Å². The van der Waals surface area contributed by atoms with Gasteiger partial charge in [0.1, 0.15) is 5.82 Å². The molecule has 1 aromatic heterocycles. The zero-order valence-electron chi connectivity index (χ0n) is 12.5. The Labute approximate surface area is 138 Å². The number of aromatic amines is 1. The lowest BCUT2D eigenvalue weighted by molar-refractivity contribution is -0.130. The molecule has 4 rings (SSSR count). The summed E-state index contributed by atoms with van der Waals surface area (Å²) >= 11 is 5.96. The number of halogens is 1. The molecule has 2 aromatic rings. The number of H-pyrrole nitrogens is 1. The van der Waals surface area contributed by atoms with Crippen LogP contribution in [0.25, 0.3) is 11.0 Å². The van der Waals surface area contributed by atoms with E-state index in [4.69, 9.17) is 11.6 Å². The van der Waals surface area contributed by atoms with Crippen LogP contribution in [-0.2, 0) is 16.0 Å². The third kappa shape index (κ3) is 2.79. The van der Waals surface area contributed by atoms with Crippen molar-refractivity contribution in [2.45, 2.75) is 12.8 Å². The Morgan fingerprint density at radius 2 is 2.17 bits per heavy atom. The zero-order valence-corrected chi connectivity index (χ0v) is 13.3. The van der Waals surface area contributed by atoms with Gasteiger partial charge in [0, 0.05) is 31.1 Å². The van der Waals surface area contributed by atoms with Crippen LogP contribution in [0.2, 0.25) is 5.02 Å². The SMILES string of the molecule is O=C1C[C@@H]2CN(C(=O)Cc3nc4ccc(Cl)cc4[nH]3)C[C@@H]2CN1. The van der Waals surface area contributed by atoms with Gasteiger partial charge >= 0.3 is 0 Å². The van der Waals surface area contributed by atoms with Gasteiger partial charge in [-0.25, -0.2) is 4.98 Å². The molecule has 2 amide bonds. The highest BCUT2D eigenvalue weighted by molar-refractivity contribution is 6.31. The van der Waals surface area contributed by atoms with E-state index in [2.05, 4.69) is 15.3 Å². The number of hydrogen-bond acceptors (Lipinski definition) is 3. The quantitative estimate of drug-likeness (QED) is 0.871. The summed E-state index contributed by atoms with van der Waals surface area (Å²) in [6.45, 7) is 2.06. The Hall–Kier alpha value is -2.08. The lowest BCUT2D eigenvalue weighted by Crippen LogP contribution is -2.40. The highest BCUT2D eigenvalue weighted by atomic mass is 35.5. The molecular formula is C16H17ClN4O2. The number of carbonyl (C=O) groups is 2. The van der Waals surface area contributed by atoms with Crippen LogP contribution < -0.4 is 5.32 Å². The van der Waals surface area contributed by atoms with Gasteiger partial charge in [-0.3, -0.25) is 9.59 Å². The van der Waals surface area contributed by atoms with Gasteiger partial charge in [-0.1, -0.05) is 11.6 Å². The normalized spacial score (nSPS) is 23.9. The van der Waals surface area contributed by atoms with E-state index in [1.165, 1.54) is 0 Å². The molecule has 2 aliphatic heterocycles. The number of imidazole rings is 1. The van der Waals surface area contributed by atoms with Crippen molar-refractivity contribution >= 4 is 34.4 Å². The molecule has 2 fully saturated rings. The molecule has 6 nitrogen and oxygen atoms in total. The number of carbonyl (C=O) groups excluding carboxylic acids is 2. The molecule has 2 aliphatic rings. The zero-order chi connectivity index (χ0) is 16.0. The second-order valence-electron chi connectivity index (χ2n) is 6.35. The van der Waals surface area contributed by atoms with Crippen LogP contribution in [0.15, 0.2) is 18.2 Å². The summed E-state index contributed by atoms with van der Waals surface area (Å²) in [5.74, 6) is 1.47. The van der Waals surface area contributed by atoms with Gasteiger partial charge in [0.25, 0.3) is 0 Å². The molecule has 7 heteroatoms. The van der Waals surface area contributed by atoms with E-state index >= 15 is 0 Å². The van der Waals surface area contributed by atoms with Crippen LogP contribution in [0.4, 0.5) is 0 Å². The molecule has 2 atom stereocenters. The average molecular weight is 333 g/mol. The summed E-state index contributed by atoms with van der Waals surface area (Å²) in [6, 6.07) is 5.43. The maximum absolute atomic E-state index is 12.5. The van der Waals surface area contributed by atoms with Crippen molar-refractivity contribution in [1.82, 2.24) is 20.2 Å². The summed E-state index contributed by atoms with van der Waals surface area (Å²) in [4.78, 5) is 33.4. The number of fused-ring (bicyclic) bond motifs is 2. The number of piperidine rings is 1. The van der Waals surface area contributed by atoms with E-state index in [1.54, 1.807) is 12.1 Å². The summed E-state index contributed by atoms with van der Waals surface area (Å²) < 4.78 is 0. The molecule has 1 aromatic carbocycles. The number of nitrogens with one attached hydrogen (secondary N) is 2. The number of benzene rings is 1. The fraction of sp³-hybridized carbons (Fsp3) is 0.438. The Morgan fingerprint density at radius 1 is 1.35 bits per heavy atom. The molecule has 0 unspecified atom stereocenters. The van der Waals surface area contributed by atoms with Crippen LogP contribution in [0.1, 0.15) is 12.2 Å². The number of likely N-dealkylation sites (tertiary alicyclic amines) is 1. The standard InChI is InChI=1S/C16H17ClN4O2/c17-11-1-2-12-13(4-11)20-14(19-12)5-16(23)21-7-9-3-15(22)18-6-10(9)8-21/h1-2,4,9-10H,3,5-8H2,(H,18,22)(H,19,20)/t9-,10+/m1/s1. The van der Waals surface area contributed by atoms with Crippen molar-refractivity contribution in [1.29, 1.82) is 0 Å². The van der Waals surface area contributed by atoms with Gasteiger partial charge in [0.05, 0.1) is 17.5 Å². The largest absolute Gasteiger partial charge is 0.356 e. The van der Waals surface area contributed by atoms with Crippen LogP contribution >= 0.6 is 11.6 Å². The van der Waals surface area contributed by atoms with Crippen LogP contribution in [0.3, 0.4) is 0 Å². The Bertz CT molecular complexity index is 787. The molecule has 0 aliphatic carbocycles. The van der Waals surface area contributed by atoms with Crippen molar-refractivity contribution < 1.29 is 9.59 Å². The van der Waals surface area contributed by atoms with E-state index in [0.717, 1.165) is 17.6 Å². The van der Waals surface area contributed by atoms with Gasteiger partial charge in [-0.05, 0) is 30.0 Å². The van der Waals surface area contributed by atoms with E-state index in [0.29, 0.717) is 42.2 Å². The fourth-order valence-corrected chi connectivity index (χ4v) is 3.71. The molecule has 2 N–H and O–H groups in total. The van der Waals surface area contributed by atoms with Gasteiger partial charge in [0.2, 0.25) is 11.8 Å². The third-order valence-electron chi connectivity index (χ3n) is 4.75. The molecule has 0 saturated carbocycles. The number of nitrogens with zero attached hydrogens (tertiary/aromatic N) is 2. The molecule has 0 spiro atoms. The second-order valence-corrected chi connectivity index (χ2v) is 6.79. The fourth-order valence-electron chi connectivity index (χ4n) is 3.53. The van der Waals surface area contributed by atoms with Crippen molar-refractivity contribution in [3.63, 3.8) is 0 Å². The predicted molar refractivity (Wildman–Crippen MR) is 86.0 cm³/mol. The summed E-state index contributed by atoms with van der Waals surface area (Å²) in [7, 11) is 0. The van der Waals surface area contributed by atoms with Crippen molar-refractivity contribution in [2.24, 2.45) is 11.8 Å². The predicted octanol–water partition coefficient (Wildman–Crippen LogP) is 1.35. The maximum Gasteiger partial charge on any atom is 0.230 e. The second kappa shape index (κ2) is 5.53. The lowest BCUT2D eigenvalue weighted by Gasteiger charge is -2.23. The Balaban J connectivity index is 1.46. The minimum Gasteiger partial charge on any atom is -0.356 e. The lowest BCUT2D eigenvalue weighted by atomic mass is 9.89. The van der Waals surface area contributed by atoms with Gasteiger partial charge in [-0.15, -0.1) is 0 Å². The Morgan fingerprint density at radius 3 is 3.04 bits per heavy atom. The molecular weight excluding hydrogens is 316 g/mol. The molecule has 23 heavy (non-hydrogen) atoms. The van der Waals surface area contributed by atoms with Crippen LogP contribution in [-0.4, -0.2) is 46.3 Å². The van der Waals surface area contributed by atoms with Crippen LogP contribution in [0, 0.1) is 11.8 Å². The first-order valence-corrected chi connectivity index (χ1v) is 8.15. The van der Waals surface area contributed by atoms with Crippen molar-refractivity contribution in [3.05, 3.63) is 29.0 Å².